The van der Waals surface area contributed by atoms with Crippen LogP contribution in [0.1, 0.15) is 18.5 Å². The average molecular weight is 310 g/mol. The fraction of sp³-hybridized carbons (Fsp3) is 0.308. The highest BCUT2D eigenvalue weighted by atomic mass is 79.9. The maximum absolute atomic E-state index is 13.9. The molecule has 0 saturated heterocycles. The van der Waals surface area contributed by atoms with Gasteiger partial charge in [-0.25, -0.2) is 9.37 Å². The second-order valence-electron chi connectivity index (χ2n) is 4.59. The van der Waals surface area contributed by atoms with E-state index < -0.39 is 0 Å². The Morgan fingerprint density at radius 2 is 2.22 bits per heavy atom. The van der Waals surface area contributed by atoms with Gasteiger partial charge in [0.05, 0.1) is 11.4 Å². The lowest BCUT2D eigenvalue weighted by Crippen LogP contribution is -2.08. The van der Waals surface area contributed by atoms with Gasteiger partial charge in [-0.15, -0.1) is 0 Å². The molecule has 0 spiro atoms. The van der Waals surface area contributed by atoms with Gasteiger partial charge < -0.3 is 5.32 Å². The largest absolute Gasteiger partial charge is 0.353 e. The molecule has 1 aliphatic carbocycles. The van der Waals surface area contributed by atoms with Crippen molar-refractivity contribution in [3.05, 3.63) is 40.4 Å². The highest BCUT2D eigenvalue weighted by Crippen LogP contribution is 2.27. The van der Waals surface area contributed by atoms with E-state index in [1.165, 1.54) is 6.07 Å². The molecule has 5 heteroatoms. The van der Waals surface area contributed by atoms with Crippen molar-refractivity contribution in [1.29, 1.82) is 0 Å². The van der Waals surface area contributed by atoms with Gasteiger partial charge in [-0.3, -0.25) is 4.57 Å². The fourth-order valence-electron chi connectivity index (χ4n) is 1.86. The predicted octanol–water partition coefficient (Wildman–Crippen LogP) is 3.66. The minimum atomic E-state index is -0.255. The monoisotopic (exact) mass is 309 g/mol. The molecule has 3 rings (SSSR count). The summed E-state index contributed by atoms with van der Waals surface area (Å²) >= 11 is 3.37. The number of hydrogen-bond donors (Lipinski definition) is 1. The number of rotatable bonds is 3. The molecule has 3 nitrogen and oxygen atoms in total. The van der Waals surface area contributed by atoms with E-state index in [0.717, 1.165) is 23.0 Å². The number of nitrogens with one attached hydrogen (secondary N) is 1. The van der Waals surface area contributed by atoms with Gasteiger partial charge in [-0.05, 0) is 38.0 Å². The summed E-state index contributed by atoms with van der Waals surface area (Å²) in [5.41, 5.74) is 1.38. The Morgan fingerprint density at radius 3 is 2.94 bits per heavy atom. The van der Waals surface area contributed by atoms with E-state index in [-0.39, 0.29) is 5.82 Å². The number of halogens is 2. The molecule has 1 N–H and O–H groups in total. The summed E-state index contributed by atoms with van der Waals surface area (Å²) in [5, 5.41) is 3.32. The van der Waals surface area contributed by atoms with Crippen molar-refractivity contribution in [3.8, 4) is 5.69 Å². The van der Waals surface area contributed by atoms with Crippen LogP contribution in [-0.2, 0) is 0 Å². The minimum absolute atomic E-state index is 0.255. The van der Waals surface area contributed by atoms with Crippen molar-refractivity contribution in [3.63, 3.8) is 0 Å². The lowest BCUT2D eigenvalue weighted by atomic mass is 10.3. The van der Waals surface area contributed by atoms with Gasteiger partial charge in [0.25, 0.3) is 0 Å². The van der Waals surface area contributed by atoms with Gasteiger partial charge in [-0.1, -0.05) is 15.9 Å². The number of anilines is 1. The second-order valence-corrected chi connectivity index (χ2v) is 5.51. The van der Waals surface area contributed by atoms with Crippen LogP contribution < -0.4 is 5.32 Å². The van der Waals surface area contributed by atoms with E-state index in [9.17, 15) is 4.39 Å². The van der Waals surface area contributed by atoms with Crippen molar-refractivity contribution in [2.75, 3.05) is 5.32 Å². The Morgan fingerprint density at radius 1 is 1.44 bits per heavy atom. The summed E-state index contributed by atoms with van der Waals surface area (Å²) in [6.07, 6.45) is 4.16. The van der Waals surface area contributed by atoms with Crippen LogP contribution in [0.15, 0.2) is 28.9 Å². The Kier molecular flexibility index (Phi) is 2.86. The van der Waals surface area contributed by atoms with Crippen LogP contribution in [0.4, 0.5) is 10.3 Å². The van der Waals surface area contributed by atoms with E-state index >= 15 is 0 Å². The third kappa shape index (κ3) is 2.27. The average Bonchev–Trinajstić information content (AvgIpc) is 3.05. The minimum Gasteiger partial charge on any atom is -0.353 e. The molecule has 0 bridgehead atoms. The molecule has 1 saturated carbocycles. The molecule has 1 aromatic carbocycles. The quantitative estimate of drug-likeness (QED) is 0.937. The fourth-order valence-corrected chi connectivity index (χ4v) is 2.21. The van der Waals surface area contributed by atoms with E-state index in [2.05, 4.69) is 26.2 Å². The first-order chi connectivity index (χ1) is 8.63. The van der Waals surface area contributed by atoms with Crippen LogP contribution in [0.2, 0.25) is 0 Å². The smallest absolute Gasteiger partial charge is 0.208 e. The maximum atomic E-state index is 13.9. The van der Waals surface area contributed by atoms with Crippen LogP contribution >= 0.6 is 15.9 Å². The molecule has 0 unspecified atom stereocenters. The summed E-state index contributed by atoms with van der Waals surface area (Å²) in [4.78, 5) is 4.41. The number of hydrogen-bond acceptors (Lipinski definition) is 2. The van der Waals surface area contributed by atoms with Crippen molar-refractivity contribution < 1.29 is 4.39 Å². The van der Waals surface area contributed by atoms with Crippen molar-refractivity contribution in [1.82, 2.24) is 9.55 Å². The Bertz CT molecular complexity index is 590. The molecular weight excluding hydrogens is 297 g/mol. The third-order valence-corrected chi connectivity index (χ3v) is 3.40. The molecular formula is C13H13BrFN3. The van der Waals surface area contributed by atoms with Crippen LogP contribution in [-0.4, -0.2) is 15.6 Å². The Labute approximate surface area is 113 Å². The Balaban J connectivity index is 2.06. The zero-order valence-corrected chi connectivity index (χ0v) is 11.5. The maximum Gasteiger partial charge on any atom is 0.208 e. The summed E-state index contributed by atoms with van der Waals surface area (Å²) in [7, 11) is 0. The van der Waals surface area contributed by atoms with Crippen LogP contribution in [0.3, 0.4) is 0 Å². The molecule has 1 aromatic heterocycles. The predicted molar refractivity (Wildman–Crippen MR) is 72.6 cm³/mol. The van der Waals surface area contributed by atoms with Gasteiger partial charge in [0, 0.05) is 16.7 Å². The zero-order chi connectivity index (χ0) is 12.7. The van der Waals surface area contributed by atoms with Crippen molar-refractivity contribution in [2.24, 2.45) is 0 Å². The zero-order valence-electron chi connectivity index (χ0n) is 9.95. The standard InChI is InChI=1S/C13H13BrFN3/c1-8-7-18(13(16-8)17-10-3-4-10)12-6-9(14)2-5-11(12)15/h2,5-7,10H,3-4H2,1H3,(H,16,17). The molecule has 2 aromatic rings. The first kappa shape index (κ1) is 11.7. The number of benzene rings is 1. The second kappa shape index (κ2) is 4.39. The van der Waals surface area contributed by atoms with E-state index in [4.69, 9.17) is 0 Å². The molecule has 94 valence electrons. The third-order valence-electron chi connectivity index (χ3n) is 2.90. The number of nitrogens with zero attached hydrogens (tertiary/aromatic N) is 2. The number of aromatic nitrogens is 2. The normalized spacial score (nSPS) is 14.8. The SMILES string of the molecule is Cc1cn(-c2cc(Br)ccc2F)c(NC2CC2)n1. The summed E-state index contributed by atoms with van der Waals surface area (Å²) in [6.45, 7) is 1.91. The van der Waals surface area contributed by atoms with E-state index in [1.807, 2.05) is 13.1 Å². The first-order valence-corrected chi connectivity index (χ1v) is 6.71. The van der Waals surface area contributed by atoms with Crippen LogP contribution in [0, 0.1) is 12.7 Å². The highest BCUT2D eigenvalue weighted by Gasteiger charge is 2.23. The summed E-state index contributed by atoms with van der Waals surface area (Å²) < 4.78 is 16.5. The molecule has 0 amide bonds. The molecule has 0 atom stereocenters. The van der Waals surface area contributed by atoms with E-state index in [0.29, 0.717) is 17.7 Å². The molecule has 1 fully saturated rings. The molecule has 0 radical (unpaired) electrons. The number of aryl methyl sites for hydroxylation is 1. The topological polar surface area (TPSA) is 29.9 Å². The number of imidazole rings is 1. The summed E-state index contributed by atoms with van der Waals surface area (Å²) in [6, 6.07) is 5.39. The lowest BCUT2D eigenvalue weighted by Gasteiger charge is -2.10. The van der Waals surface area contributed by atoms with Crippen LogP contribution in [0.25, 0.3) is 5.69 Å². The van der Waals surface area contributed by atoms with Crippen LogP contribution in [0.5, 0.6) is 0 Å². The van der Waals surface area contributed by atoms with Crippen molar-refractivity contribution in [2.45, 2.75) is 25.8 Å². The highest BCUT2D eigenvalue weighted by molar-refractivity contribution is 9.10. The molecule has 18 heavy (non-hydrogen) atoms. The molecule has 0 aliphatic heterocycles. The summed E-state index contributed by atoms with van der Waals surface area (Å²) in [5.74, 6) is 0.460. The van der Waals surface area contributed by atoms with Gasteiger partial charge in [-0.2, -0.15) is 0 Å². The van der Waals surface area contributed by atoms with E-state index in [1.54, 1.807) is 16.7 Å². The van der Waals surface area contributed by atoms with Gasteiger partial charge in [0.2, 0.25) is 5.95 Å². The molecule has 1 aliphatic rings. The molecule has 1 heterocycles. The van der Waals surface area contributed by atoms with Crippen molar-refractivity contribution >= 4 is 21.9 Å². The Hall–Kier alpha value is -1.36. The van der Waals surface area contributed by atoms with Gasteiger partial charge >= 0.3 is 0 Å². The lowest BCUT2D eigenvalue weighted by molar-refractivity contribution is 0.618. The first-order valence-electron chi connectivity index (χ1n) is 5.91. The van der Waals surface area contributed by atoms with Gasteiger partial charge in [0.15, 0.2) is 0 Å². The van der Waals surface area contributed by atoms with Gasteiger partial charge in [0.1, 0.15) is 5.82 Å².